The number of rotatable bonds is 3. The van der Waals surface area contributed by atoms with E-state index in [9.17, 15) is 15.0 Å². The highest BCUT2D eigenvalue weighted by molar-refractivity contribution is 5.80. The minimum absolute atomic E-state index is 0.0443. The topological polar surface area (TPSA) is 99.4 Å². The van der Waals surface area contributed by atoms with Gasteiger partial charge in [-0.25, -0.2) is 4.98 Å². The van der Waals surface area contributed by atoms with E-state index in [0.29, 0.717) is 12.6 Å². The van der Waals surface area contributed by atoms with Crippen LogP contribution in [0.4, 0.5) is 0 Å². The molecule has 2 aromatic heterocycles. The van der Waals surface area contributed by atoms with Crippen LogP contribution in [-0.2, 0) is 4.79 Å². The van der Waals surface area contributed by atoms with Gasteiger partial charge >= 0.3 is 0 Å². The van der Waals surface area contributed by atoms with Crippen LogP contribution in [0.3, 0.4) is 0 Å². The molecule has 7 heteroatoms. The molecule has 30 heavy (non-hydrogen) atoms. The Labute approximate surface area is 176 Å². The van der Waals surface area contributed by atoms with Crippen LogP contribution in [0.5, 0.6) is 0 Å². The third-order valence-corrected chi connectivity index (χ3v) is 7.88. The largest absolute Gasteiger partial charge is 0.390 e. The smallest absolute Gasteiger partial charge is 0.224 e. The van der Waals surface area contributed by atoms with Gasteiger partial charge in [-0.15, -0.1) is 0 Å². The third-order valence-electron chi connectivity index (χ3n) is 7.88. The third kappa shape index (κ3) is 3.33. The number of fused-ring (bicyclic) bond motifs is 2. The quantitative estimate of drug-likeness (QED) is 0.612. The maximum atomic E-state index is 13.2. The molecule has 2 saturated carbocycles. The number of amides is 1. The maximum absolute atomic E-state index is 13.2. The molecule has 0 unspecified atom stereocenters. The fourth-order valence-electron chi connectivity index (χ4n) is 6.16. The van der Waals surface area contributed by atoms with Crippen LogP contribution in [0, 0.1) is 23.7 Å². The van der Waals surface area contributed by atoms with Crippen LogP contribution in [-0.4, -0.2) is 57.0 Å². The number of carbonyl (C=O) groups is 1. The van der Waals surface area contributed by atoms with E-state index in [1.165, 1.54) is 5.39 Å². The predicted molar refractivity (Wildman–Crippen MR) is 114 cm³/mol. The second kappa shape index (κ2) is 7.94. The summed E-state index contributed by atoms with van der Waals surface area (Å²) in [5.41, 5.74) is 1.04. The standard InChI is InChI=1S/C23H32N4O3/c1-13-19(17-11-24-12-18(17)21(29)20(13)28)23(30)26-15-4-6-16(7-5-15)27-10-8-14-3-2-9-25-22(14)27/h2-3,8-10,13,15-21,24,28-29H,4-7,11-12H2,1H3,(H,26,30)/t13-,15?,16?,17+,18+,19+,20+,21+/m1/s1. The summed E-state index contributed by atoms with van der Waals surface area (Å²) in [4.78, 5) is 17.8. The van der Waals surface area contributed by atoms with E-state index in [1.807, 2.05) is 19.2 Å². The van der Waals surface area contributed by atoms with E-state index in [-0.39, 0.29) is 35.6 Å². The van der Waals surface area contributed by atoms with Crippen molar-refractivity contribution in [1.29, 1.82) is 0 Å². The number of nitrogens with one attached hydrogen (secondary N) is 2. The van der Waals surface area contributed by atoms with Gasteiger partial charge in [-0.2, -0.15) is 0 Å². The number of hydrogen-bond acceptors (Lipinski definition) is 5. The zero-order valence-corrected chi connectivity index (χ0v) is 17.4. The van der Waals surface area contributed by atoms with Crippen LogP contribution in [0.1, 0.15) is 38.6 Å². The summed E-state index contributed by atoms with van der Waals surface area (Å²) in [5, 5.41) is 28.6. The predicted octanol–water partition coefficient (Wildman–Crippen LogP) is 1.46. The first kappa shape index (κ1) is 20.0. The van der Waals surface area contributed by atoms with Crippen molar-refractivity contribution in [3.63, 3.8) is 0 Å². The lowest BCUT2D eigenvalue weighted by Gasteiger charge is -2.44. The lowest BCUT2D eigenvalue weighted by Crippen LogP contribution is -2.56. The molecular weight excluding hydrogens is 380 g/mol. The van der Waals surface area contributed by atoms with Crippen molar-refractivity contribution in [2.24, 2.45) is 23.7 Å². The van der Waals surface area contributed by atoms with Crippen LogP contribution < -0.4 is 10.6 Å². The SMILES string of the molecule is C[C@H]1[C@H](O)[C@@H](O)[C@H]2CNC[C@@H]2[C@H]1C(=O)NC1CCC(n2ccc3cccnc32)CC1. The number of nitrogens with zero attached hydrogens (tertiary/aromatic N) is 2. The number of aliphatic hydroxyl groups excluding tert-OH is 2. The van der Waals surface area contributed by atoms with Gasteiger partial charge < -0.3 is 25.4 Å². The number of pyridine rings is 1. The monoisotopic (exact) mass is 412 g/mol. The lowest BCUT2D eigenvalue weighted by atomic mass is 9.65. The molecule has 5 rings (SSSR count). The fourth-order valence-corrected chi connectivity index (χ4v) is 6.16. The Balaban J connectivity index is 1.22. The second-order valence-electron chi connectivity index (χ2n) is 9.51. The Kier molecular flexibility index (Phi) is 5.29. The molecule has 7 nitrogen and oxygen atoms in total. The summed E-state index contributed by atoms with van der Waals surface area (Å²) in [6, 6.07) is 6.76. The first-order valence-electron chi connectivity index (χ1n) is 11.3. The Morgan fingerprint density at radius 3 is 2.70 bits per heavy atom. The molecule has 3 aliphatic rings. The molecule has 3 fully saturated rings. The van der Waals surface area contributed by atoms with Crippen molar-refractivity contribution in [2.75, 3.05) is 13.1 Å². The van der Waals surface area contributed by atoms with Crippen molar-refractivity contribution in [2.45, 2.75) is 56.9 Å². The molecule has 2 aliphatic carbocycles. The molecule has 1 saturated heterocycles. The lowest BCUT2D eigenvalue weighted by molar-refractivity contribution is -0.146. The van der Waals surface area contributed by atoms with E-state index in [4.69, 9.17) is 0 Å². The number of carbonyl (C=O) groups excluding carboxylic acids is 1. The van der Waals surface area contributed by atoms with Crippen molar-refractivity contribution in [3.8, 4) is 0 Å². The average Bonchev–Trinajstić information content (AvgIpc) is 3.40. The van der Waals surface area contributed by atoms with Crippen LogP contribution in [0.25, 0.3) is 11.0 Å². The van der Waals surface area contributed by atoms with E-state index in [2.05, 4.69) is 38.5 Å². The maximum Gasteiger partial charge on any atom is 0.224 e. The van der Waals surface area contributed by atoms with Crippen molar-refractivity contribution < 1.29 is 15.0 Å². The van der Waals surface area contributed by atoms with Crippen LogP contribution >= 0.6 is 0 Å². The van der Waals surface area contributed by atoms with Crippen LogP contribution in [0.15, 0.2) is 30.6 Å². The van der Waals surface area contributed by atoms with Gasteiger partial charge in [0.05, 0.1) is 12.2 Å². The van der Waals surface area contributed by atoms with Gasteiger partial charge in [0.1, 0.15) is 5.65 Å². The molecule has 3 heterocycles. The van der Waals surface area contributed by atoms with Gasteiger partial charge in [0.2, 0.25) is 5.91 Å². The normalized spacial score (nSPS) is 39.0. The molecule has 0 bridgehead atoms. The molecular formula is C23H32N4O3. The first-order valence-corrected chi connectivity index (χ1v) is 11.3. The van der Waals surface area contributed by atoms with E-state index in [1.54, 1.807) is 0 Å². The highest BCUT2D eigenvalue weighted by atomic mass is 16.3. The summed E-state index contributed by atoms with van der Waals surface area (Å²) in [6.07, 6.45) is 6.30. The fraction of sp³-hybridized carbons (Fsp3) is 0.652. The summed E-state index contributed by atoms with van der Waals surface area (Å²) in [6.45, 7) is 3.30. The summed E-state index contributed by atoms with van der Waals surface area (Å²) < 4.78 is 2.28. The molecule has 1 amide bonds. The Morgan fingerprint density at radius 2 is 1.90 bits per heavy atom. The molecule has 0 spiro atoms. The molecule has 6 atom stereocenters. The van der Waals surface area contributed by atoms with E-state index < -0.39 is 12.2 Å². The number of hydrogen-bond donors (Lipinski definition) is 4. The minimum atomic E-state index is -0.841. The summed E-state index contributed by atoms with van der Waals surface area (Å²) in [7, 11) is 0. The molecule has 2 aromatic rings. The summed E-state index contributed by atoms with van der Waals surface area (Å²) >= 11 is 0. The minimum Gasteiger partial charge on any atom is -0.390 e. The van der Waals surface area contributed by atoms with Crippen LogP contribution in [0.2, 0.25) is 0 Å². The Hall–Kier alpha value is -1.96. The van der Waals surface area contributed by atoms with Gasteiger partial charge in [-0.1, -0.05) is 6.92 Å². The van der Waals surface area contributed by atoms with E-state index in [0.717, 1.165) is 37.9 Å². The van der Waals surface area contributed by atoms with Gasteiger partial charge in [-0.05, 0) is 62.3 Å². The first-order chi connectivity index (χ1) is 14.5. The summed E-state index contributed by atoms with van der Waals surface area (Å²) in [5.74, 6) is -0.401. The highest BCUT2D eigenvalue weighted by Gasteiger charge is 2.52. The van der Waals surface area contributed by atoms with Gasteiger partial charge in [0, 0.05) is 48.2 Å². The molecule has 0 radical (unpaired) electrons. The van der Waals surface area contributed by atoms with Crippen molar-refractivity contribution in [1.82, 2.24) is 20.2 Å². The van der Waals surface area contributed by atoms with Gasteiger partial charge in [0.15, 0.2) is 0 Å². The van der Waals surface area contributed by atoms with Gasteiger partial charge in [-0.3, -0.25) is 4.79 Å². The van der Waals surface area contributed by atoms with E-state index >= 15 is 0 Å². The van der Waals surface area contributed by atoms with Crippen molar-refractivity contribution >= 4 is 16.9 Å². The number of aromatic nitrogens is 2. The molecule has 162 valence electrons. The van der Waals surface area contributed by atoms with Gasteiger partial charge in [0.25, 0.3) is 0 Å². The zero-order valence-electron chi connectivity index (χ0n) is 17.4. The zero-order chi connectivity index (χ0) is 20.8. The molecule has 0 aromatic carbocycles. The molecule has 4 N–H and O–H groups in total. The van der Waals surface area contributed by atoms with Crippen molar-refractivity contribution in [3.05, 3.63) is 30.6 Å². The Bertz CT molecular complexity index is 907. The molecule has 1 aliphatic heterocycles. The average molecular weight is 413 g/mol. The Morgan fingerprint density at radius 1 is 1.13 bits per heavy atom. The number of aliphatic hydroxyl groups is 2. The second-order valence-corrected chi connectivity index (χ2v) is 9.51. The highest BCUT2D eigenvalue weighted by Crippen LogP contribution is 2.41.